The predicted octanol–water partition coefficient (Wildman–Crippen LogP) is 3.12. The van der Waals surface area contributed by atoms with Crippen LogP contribution in [0.15, 0.2) is 48.8 Å². The minimum atomic E-state index is -0.314. The second-order valence-electron chi connectivity index (χ2n) is 7.64. The highest BCUT2D eigenvalue weighted by molar-refractivity contribution is 5.56. The van der Waals surface area contributed by atoms with Crippen LogP contribution in [-0.2, 0) is 12.1 Å². The molecule has 148 valence electrons. The van der Waals surface area contributed by atoms with Crippen LogP contribution >= 0.6 is 0 Å². The van der Waals surface area contributed by atoms with E-state index in [1.54, 1.807) is 52.1 Å². The van der Waals surface area contributed by atoms with E-state index in [0.717, 1.165) is 0 Å². The molecule has 0 bridgehead atoms. The summed E-state index contributed by atoms with van der Waals surface area (Å²) < 4.78 is 17.6. The smallest absolute Gasteiger partial charge is 0.218 e. The molecule has 4 rings (SSSR count). The number of nitrogen functional groups attached to an aromatic ring is 1. The van der Waals surface area contributed by atoms with Gasteiger partial charge in [-0.3, -0.25) is 0 Å². The molecular weight excluding hydrogens is 371 g/mol. The zero-order chi connectivity index (χ0) is 20.6. The van der Waals surface area contributed by atoms with Gasteiger partial charge in [0.2, 0.25) is 11.6 Å². The SMILES string of the molecule is CC(C)(C)n1cnc(-c2nc(-c3cccc(N)n3)nn2Cc2ccccc2F)n1. The van der Waals surface area contributed by atoms with Gasteiger partial charge < -0.3 is 5.73 Å². The fraction of sp³-hybridized carbons (Fsp3) is 0.250. The molecule has 0 saturated carbocycles. The number of benzene rings is 1. The van der Waals surface area contributed by atoms with Gasteiger partial charge >= 0.3 is 0 Å². The number of anilines is 1. The second-order valence-corrected chi connectivity index (χ2v) is 7.64. The first-order valence-corrected chi connectivity index (χ1v) is 9.15. The first kappa shape index (κ1) is 18.7. The van der Waals surface area contributed by atoms with E-state index in [2.05, 4.69) is 25.1 Å². The zero-order valence-corrected chi connectivity index (χ0v) is 16.4. The maximum atomic E-state index is 14.2. The summed E-state index contributed by atoms with van der Waals surface area (Å²) in [5.74, 6) is 1.25. The van der Waals surface area contributed by atoms with Crippen LogP contribution in [0.2, 0.25) is 0 Å². The lowest BCUT2D eigenvalue weighted by atomic mass is 10.1. The molecule has 0 aliphatic carbocycles. The Bertz CT molecular complexity index is 1160. The van der Waals surface area contributed by atoms with E-state index < -0.39 is 0 Å². The number of nitrogens with zero attached hydrogens (tertiary/aromatic N) is 7. The fourth-order valence-electron chi connectivity index (χ4n) is 2.78. The van der Waals surface area contributed by atoms with Crippen molar-refractivity contribution in [1.82, 2.24) is 34.5 Å². The van der Waals surface area contributed by atoms with Crippen molar-refractivity contribution in [3.63, 3.8) is 0 Å². The molecule has 0 fully saturated rings. The third-order valence-electron chi connectivity index (χ3n) is 4.33. The van der Waals surface area contributed by atoms with Gasteiger partial charge in [0.25, 0.3) is 0 Å². The largest absolute Gasteiger partial charge is 0.384 e. The van der Waals surface area contributed by atoms with E-state index in [0.29, 0.717) is 34.5 Å². The minimum Gasteiger partial charge on any atom is -0.384 e. The Morgan fingerprint density at radius 3 is 2.45 bits per heavy atom. The van der Waals surface area contributed by atoms with Crippen molar-refractivity contribution in [1.29, 1.82) is 0 Å². The van der Waals surface area contributed by atoms with Crippen LogP contribution in [0.5, 0.6) is 0 Å². The van der Waals surface area contributed by atoms with Gasteiger partial charge in [0.1, 0.15) is 23.7 Å². The van der Waals surface area contributed by atoms with Gasteiger partial charge in [-0.1, -0.05) is 24.3 Å². The number of halogens is 1. The Hall–Kier alpha value is -3.62. The van der Waals surface area contributed by atoms with E-state index in [4.69, 9.17) is 5.73 Å². The highest BCUT2D eigenvalue weighted by Crippen LogP contribution is 2.22. The van der Waals surface area contributed by atoms with Crippen molar-refractivity contribution in [3.8, 4) is 23.2 Å². The predicted molar refractivity (Wildman–Crippen MR) is 107 cm³/mol. The lowest BCUT2D eigenvalue weighted by molar-refractivity contribution is 0.355. The van der Waals surface area contributed by atoms with Gasteiger partial charge in [-0.2, -0.15) is 0 Å². The molecule has 8 nitrogen and oxygen atoms in total. The van der Waals surface area contributed by atoms with Gasteiger partial charge in [-0.15, -0.1) is 10.2 Å². The molecule has 0 saturated heterocycles. The Morgan fingerprint density at radius 1 is 0.966 bits per heavy atom. The molecule has 29 heavy (non-hydrogen) atoms. The third-order valence-corrected chi connectivity index (χ3v) is 4.33. The molecule has 2 N–H and O–H groups in total. The number of hydrogen-bond acceptors (Lipinski definition) is 6. The number of hydrogen-bond donors (Lipinski definition) is 1. The van der Waals surface area contributed by atoms with Gasteiger partial charge in [-0.05, 0) is 39.0 Å². The molecule has 0 aliphatic rings. The number of aromatic nitrogens is 7. The highest BCUT2D eigenvalue weighted by Gasteiger charge is 2.21. The van der Waals surface area contributed by atoms with Crippen LogP contribution < -0.4 is 5.73 Å². The van der Waals surface area contributed by atoms with Crippen molar-refractivity contribution in [3.05, 3.63) is 60.2 Å². The highest BCUT2D eigenvalue weighted by atomic mass is 19.1. The number of pyridine rings is 1. The average molecular weight is 392 g/mol. The Kier molecular flexibility index (Phi) is 4.57. The van der Waals surface area contributed by atoms with Crippen LogP contribution in [0.4, 0.5) is 10.2 Å². The molecule has 0 spiro atoms. The van der Waals surface area contributed by atoms with Gasteiger partial charge in [0.05, 0.1) is 12.1 Å². The molecule has 0 aliphatic heterocycles. The average Bonchev–Trinajstić information content (AvgIpc) is 3.30. The molecule has 0 radical (unpaired) electrons. The summed E-state index contributed by atoms with van der Waals surface area (Å²) >= 11 is 0. The first-order chi connectivity index (χ1) is 13.8. The van der Waals surface area contributed by atoms with Crippen LogP contribution in [0.3, 0.4) is 0 Å². The van der Waals surface area contributed by atoms with Crippen LogP contribution in [0.1, 0.15) is 26.3 Å². The van der Waals surface area contributed by atoms with Gasteiger partial charge in [-0.25, -0.2) is 28.7 Å². The standard InChI is InChI=1S/C20H21FN8/c1-20(2,3)29-12-23-18(27-29)19-25-17(15-9-6-10-16(22)24-15)26-28(19)11-13-7-4-5-8-14(13)21/h4-10,12H,11H2,1-3H3,(H2,22,24). The minimum absolute atomic E-state index is 0.182. The zero-order valence-electron chi connectivity index (χ0n) is 16.4. The molecular formula is C20H21FN8. The van der Waals surface area contributed by atoms with E-state index in [9.17, 15) is 4.39 Å². The molecule has 0 unspecified atom stereocenters. The van der Waals surface area contributed by atoms with Crippen molar-refractivity contribution in [2.75, 3.05) is 5.73 Å². The maximum Gasteiger partial charge on any atom is 0.218 e. The summed E-state index contributed by atoms with van der Waals surface area (Å²) in [5.41, 5.74) is 6.57. The monoisotopic (exact) mass is 392 g/mol. The van der Waals surface area contributed by atoms with E-state index in [1.165, 1.54) is 6.07 Å². The normalized spacial score (nSPS) is 11.7. The van der Waals surface area contributed by atoms with E-state index in [-0.39, 0.29) is 17.9 Å². The lowest BCUT2D eigenvalue weighted by Crippen LogP contribution is -2.22. The van der Waals surface area contributed by atoms with Crippen molar-refractivity contribution < 1.29 is 4.39 Å². The summed E-state index contributed by atoms with van der Waals surface area (Å²) in [6.07, 6.45) is 1.65. The second kappa shape index (κ2) is 7.08. The fourth-order valence-corrected chi connectivity index (χ4v) is 2.78. The molecule has 3 aromatic heterocycles. The molecule has 9 heteroatoms. The van der Waals surface area contributed by atoms with E-state index >= 15 is 0 Å². The third kappa shape index (κ3) is 3.84. The Balaban J connectivity index is 1.81. The van der Waals surface area contributed by atoms with Crippen molar-refractivity contribution in [2.45, 2.75) is 32.9 Å². The van der Waals surface area contributed by atoms with Crippen LogP contribution in [-0.4, -0.2) is 34.5 Å². The summed E-state index contributed by atoms with van der Waals surface area (Å²) in [6.45, 7) is 6.26. The molecule has 4 aromatic rings. The first-order valence-electron chi connectivity index (χ1n) is 9.15. The van der Waals surface area contributed by atoms with Crippen molar-refractivity contribution in [2.24, 2.45) is 0 Å². The molecule has 0 amide bonds. The summed E-state index contributed by atoms with van der Waals surface area (Å²) in [6, 6.07) is 11.8. The van der Waals surface area contributed by atoms with Gasteiger partial charge in [0.15, 0.2) is 5.82 Å². The van der Waals surface area contributed by atoms with Crippen LogP contribution in [0, 0.1) is 5.82 Å². The quantitative estimate of drug-likeness (QED) is 0.573. The summed E-state index contributed by atoms with van der Waals surface area (Å²) in [5, 5.41) is 9.08. The maximum absolute atomic E-state index is 14.2. The van der Waals surface area contributed by atoms with Crippen molar-refractivity contribution >= 4 is 5.82 Å². The number of rotatable bonds is 4. The topological polar surface area (TPSA) is 100 Å². The lowest BCUT2D eigenvalue weighted by Gasteiger charge is -2.17. The molecule has 1 aromatic carbocycles. The van der Waals surface area contributed by atoms with Gasteiger partial charge in [0, 0.05) is 5.56 Å². The summed E-state index contributed by atoms with van der Waals surface area (Å²) in [4.78, 5) is 13.3. The van der Waals surface area contributed by atoms with E-state index in [1.807, 2.05) is 20.8 Å². The molecule has 3 heterocycles. The summed E-state index contributed by atoms with van der Waals surface area (Å²) in [7, 11) is 0. The number of nitrogens with two attached hydrogens (primary N) is 1. The molecule has 0 atom stereocenters. The Labute approximate surface area is 167 Å². The Morgan fingerprint density at radius 2 is 1.76 bits per heavy atom. The van der Waals surface area contributed by atoms with Crippen LogP contribution in [0.25, 0.3) is 23.2 Å².